The van der Waals surface area contributed by atoms with E-state index in [1.165, 1.54) is 5.56 Å². The first-order chi connectivity index (χ1) is 14.5. The van der Waals surface area contributed by atoms with Gasteiger partial charge in [-0.25, -0.2) is 4.79 Å². The topological polar surface area (TPSA) is 104 Å². The maximum absolute atomic E-state index is 12.0. The fraction of sp³-hybridized carbons (Fsp3) is 0.524. The molecule has 1 aromatic carbocycles. The molecule has 1 aliphatic heterocycles. The molecule has 0 radical (unpaired) electrons. The Morgan fingerprint density at radius 2 is 1.87 bits per heavy atom. The van der Waals surface area contributed by atoms with Crippen molar-refractivity contribution in [3.63, 3.8) is 0 Å². The lowest BCUT2D eigenvalue weighted by Gasteiger charge is -2.36. The molecule has 3 amide bonds. The standard InChI is InChI=1S/C21H30N6O3/c1-4-9-22-21(29)23-18(28)14-26-10-12-27(13-11-26)16(3)20-24-19(25-30-20)17-7-5-15(2)6-8-17/h5-8,16H,4,9-14H2,1-3H3,(H2,22,23,28,29). The first-order valence-electron chi connectivity index (χ1n) is 10.4. The zero-order valence-corrected chi connectivity index (χ0v) is 17.9. The van der Waals surface area contributed by atoms with Crippen LogP contribution in [0.1, 0.15) is 37.8 Å². The largest absolute Gasteiger partial charge is 0.338 e. The fourth-order valence-corrected chi connectivity index (χ4v) is 3.34. The third-order valence-corrected chi connectivity index (χ3v) is 5.22. The maximum atomic E-state index is 12.0. The molecule has 1 atom stereocenters. The van der Waals surface area contributed by atoms with Crippen LogP contribution in [-0.2, 0) is 4.79 Å². The number of rotatable bonds is 7. The molecular formula is C21H30N6O3. The van der Waals surface area contributed by atoms with E-state index in [0.717, 1.165) is 38.2 Å². The minimum absolute atomic E-state index is 0.00695. The second kappa shape index (κ2) is 10.3. The van der Waals surface area contributed by atoms with E-state index in [1.54, 1.807) is 0 Å². The Morgan fingerprint density at radius 1 is 1.17 bits per heavy atom. The molecule has 2 heterocycles. The molecule has 30 heavy (non-hydrogen) atoms. The number of imide groups is 1. The average Bonchev–Trinajstić information content (AvgIpc) is 3.23. The second-order valence-corrected chi connectivity index (χ2v) is 7.61. The lowest BCUT2D eigenvalue weighted by Crippen LogP contribution is -2.51. The van der Waals surface area contributed by atoms with Gasteiger partial charge in [-0.05, 0) is 20.3 Å². The van der Waals surface area contributed by atoms with E-state index >= 15 is 0 Å². The Morgan fingerprint density at radius 3 is 2.53 bits per heavy atom. The van der Waals surface area contributed by atoms with Crippen molar-refractivity contribution in [2.24, 2.45) is 0 Å². The predicted molar refractivity (Wildman–Crippen MR) is 113 cm³/mol. The summed E-state index contributed by atoms with van der Waals surface area (Å²) in [6.07, 6.45) is 0.828. The zero-order valence-electron chi connectivity index (χ0n) is 17.9. The van der Waals surface area contributed by atoms with Gasteiger partial charge in [-0.1, -0.05) is 41.9 Å². The number of benzene rings is 1. The van der Waals surface area contributed by atoms with Crippen molar-refractivity contribution in [1.82, 2.24) is 30.6 Å². The molecule has 1 aromatic heterocycles. The summed E-state index contributed by atoms with van der Waals surface area (Å²) in [5.74, 6) is 0.891. The lowest BCUT2D eigenvalue weighted by molar-refractivity contribution is -0.121. The van der Waals surface area contributed by atoms with E-state index in [0.29, 0.717) is 18.3 Å². The summed E-state index contributed by atoms with van der Waals surface area (Å²) in [5.41, 5.74) is 2.12. The highest BCUT2D eigenvalue weighted by atomic mass is 16.5. The summed E-state index contributed by atoms with van der Waals surface area (Å²) < 4.78 is 5.51. The van der Waals surface area contributed by atoms with Gasteiger partial charge in [0, 0.05) is 38.3 Å². The molecule has 2 aromatic rings. The van der Waals surface area contributed by atoms with Gasteiger partial charge in [-0.2, -0.15) is 4.98 Å². The predicted octanol–water partition coefficient (Wildman–Crippen LogP) is 1.96. The number of hydrogen-bond acceptors (Lipinski definition) is 7. The number of carbonyl (C=O) groups excluding carboxylic acids is 2. The second-order valence-electron chi connectivity index (χ2n) is 7.61. The smallest absolute Gasteiger partial charge is 0.321 e. The summed E-state index contributed by atoms with van der Waals surface area (Å²) in [4.78, 5) is 32.5. The van der Waals surface area contributed by atoms with Crippen molar-refractivity contribution in [2.45, 2.75) is 33.2 Å². The van der Waals surface area contributed by atoms with Crippen LogP contribution in [0.5, 0.6) is 0 Å². The van der Waals surface area contributed by atoms with Crippen LogP contribution < -0.4 is 10.6 Å². The molecule has 162 valence electrons. The van der Waals surface area contributed by atoms with Crippen LogP contribution in [0.25, 0.3) is 11.4 Å². The van der Waals surface area contributed by atoms with Gasteiger partial charge in [0.1, 0.15) is 0 Å². The molecule has 0 spiro atoms. The Labute approximate surface area is 176 Å². The van der Waals surface area contributed by atoms with Gasteiger partial charge < -0.3 is 9.84 Å². The number of aryl methyl sites for hydroxylation is 1. The van der Waals surface area contributed by atoms with Crippen molar-refractivity contribution in [3.05, 3.63) is 35.7 Å². The molecule has 1 fully saturated rings. The van der Waals surface area contributed by atoms with E-state index in [1.807, 2.05) is 49.9 Å². The maximum Gasteiger partial charge on any atom is 0.321 e. The SMILES string of the molecule is CCCNC(=O)NC(=O)CN1CCN(C(C)c2nc(-c3ccc(C)cc3)no2)CC1. The van der Waals surface area contributed by atoms with Crippen molar-refractivity contribution in [3.8, 4) is 11.4 Å². The van der Waals surface area contributed by atoms with Gasteiger partial charge in [-0.3, -0.25) is 19.9 Å². The molecule has 0 saturated carbocycles. The molecule has 1 aliphatic rings. The summed E-state index contributed by atoms with van der Waals surface area (Å²) in [6, 6.07) is 7.58. The van der Waals surface area contributed by atoms with E-state index in [9.17, 15) is 9.59 Å². The molecule has 9 heteroatoms. The van der Waals surface area contributed by atoms with Gasteiger partial charge in [0.15, 0.2) is 0 Å². The van der Waals surface area contributed by atoms with Crippen molar-refractivity contribution in [2.75, 3.05) is 39.3 Å². The first-order valence-corrected chi connectivity index (χ1v) is 10.4. The summed E-state index contributed by atoms with van der Waals surface area (Å²) >= 11 is 0. The number of carbonyl (C=O) groups is 2. The third-order valence-electron chi connectivity index (χ3n) is 5.22. The van der Waals surface area contributed by atoms with E-state index < -0.39 is 6.03 Å². The minimum Gasteiger partial charge on any atom is -0.338 e. The van der Waals surface area contributed by atoms with Crippen LogP contribution >= 0.6 is 0 Å². The highest BCUT2D eigenvalue weighted by molar-refractivity contribution is 5.95. The van der Waals surface area contributed by atoms with Gasteiger partial charge in [-0.15, -0.1) is 0 Å². The molecule has 0 aliphatic carbocycles. The number of urea groups is 1. The molecule has 2 N–H and O–H groups in total. The van der Waals surface area contributed by atoms with Gasteiger partial charge >= 0.3 is 6.03 Å². The van der Waals surface area contributed by atoms with Crippen LogP contribution in [0.3, 0.4) is 0 Å². The van der Waals surface area contributed by atoms with Crippen LogP contribution in [0.4, 0.5) is 4.79 Å². The number of nitrogens with one attached hydrogen (secondary N) is 2. The van der Waals surface area contributed by atoms with Crippen LogP contribution in [0.15, 0.2) is 28.8 Å². The summed E-state index contributed by atoms with van der Waals surface area (Å²) in [7, 11) is 0. The van der Waals surface area contributed by atoms with Crippen LogP contribution in [0.2, 0.25) is 0 Å². The van der Waals surface area contributed by atoms with Crippen LogP contribution in [-0.4, -0.2) is 71.1 Å². The molecular weight excluding hydrogens is 384 g/mol. The van der Waals surface area contributed by atoms with E-state index in [4.69, 9.17) is 4.52 Å². The number of hydrogen-bond donors (Lipinski definition) is 2. The van der Waals surface area contributed by atoms with Gasteiger partial charge in [0.2, 0.25) is 17.6 Å². The third kappa shape index (κ3) is 5.87. The quantitative estimate of drug-likeness (QED) is 0.714. The summed E-state index contributed by atoms with van der Waals surface area (Å²) in [6.45, 7) is 9.82. The first kappa shape index (κ1) is 21.9. The zero-order chi connectivity index (χ0) is 21.5. The monoisotopic (exact) mass is 414 g/mol. The lowest BCUT2D eigenvalue weighted by atomic mass is 10.1. The highest BCUT2D eigenvalue weighted by Gasteiger charge is 2.27. The Kier molecular flexibility index (Phi) is 7.53. The molecule has 3 rings (SSSR count). The number of amides is 3. The van der Waals surface area contributed by atoms with E-state index in [2.05, 4.69) is 25.7 Å². The van der Waals surface area contributed by atoms with Crippen molar-refractivity contribution >= 4 is 11.9 Å². The average molecular weight is 415 g/mol. The Balaban J connectivity index is 1.47. The van der Waals surface area contributed by atoms with Crippen molar-refractivity contribution < 1.29 is 14.1 Å². The Hall–Kier alpha value is -2.78. The Bertz CT molecular complexity index is 843. The normalized spacial score (nSPS) is 16.2. The van der Waals surface area contributed by atoms with Crippen LogP contribution in [0, 0.1) is 6.92 Å². The fourth-order valence-electron chi connectivity index (χ4n) is 3.34. The molecule has 9 nitrogen and oxygen atoms in total. The molecule has 0 bridgehead atoms. The summed E-state index contributed by atoms with van der Waals surface area (Å²) in [5, 5.41) is 9.12. The number of nitrogens with zero attached hydrogens (tertiary/aromatic N) is 4. The number of aromatic nitrogens is 2. The number of piperazine rings is 1. The van der Waals surface area contributed by atoms with E-state index in [-0.39, 0.29) is 18.5 Å². The highest BCUT2D eigenvalue weighted by Crippen LogP contribution is 2.23. The van der Waals surface area contributed by atoms with Crippen molar-refractivity contribution in [1.29, 1.82) is 0 Å². The minimum atomic E-state index is -0.435. The molecule has 1 saturated heterocycles. The van der Waals surface area contributed by atoms with Gasteiger partial charge in [0.25, 0.3) is 0 Å². The van der Waals surface area contributed by atoms with Gasteiger partial charge in [0.05, 0.1) is 12.6 Å². The molecule has 1 unspecified atom stereocenters.